The zero-order chi connectivity index (χ0) is 14.7. The monoisotopic (exact) mass is 270 g/mol. The summed E-state index contributed by atoms with van der Waals surface area (Å²) in [6, 6.07) is 0. The average molecular weight is 270 g/mol. The van der Waals surface area contributed by atoms with Crippen LogP contribution in [0.1, 0.15) is 52.9 Å². The normalized spacial score (nSPS) is 11.1. The van der Waals surface area contributed by atoms with E-state index in [1.54, 1.807) is 6.92 Å². The second-order valence-electron chi connectivity index (χ2n) is 5.57. The van der Waals surface area contributed by atoms with E-state index in [1.165, 1.54) is 0 Å². The number of hydrogen-bond acceptors (Lipinski definition) is 3. The Balaban J connectivity index is 3.37. The van der Waals surface area contributed by atoms with Crippen molar-refractivity contribution in [3.63, 3.8) is 0 Å². The Morgan fingerprint density at radius 2 is 1.63 bits per heavy atom. The number of Topliss-reactive ketones (excluding diaryl/α,β-unsaturated/α-hetero) is 1. The van der Waals surface area contributed by atoms with E-state index in [1.807, 2.05) is 13.8 Å². The smallest absolute Gasteiger partial charge is 0.216 e. The highest BCUT2D eigenvalue weighted by atomic mass is 16.1. The van der Waals surface area contributed by atoms with Crippen LogP contribution in [0.3, 0.4) is 0 Å². The molecule has 0 aliphatic carbocycles. The summed E-state index contributed by atoms with van der Waals surface area (Å²) in [5.74, 6) is 0.590. The minimum absolute atomic E-state index is 0.0446. The van der Waals surface area contributed by atoms with Crippen molar-refractivity contribution in [2.45, 2.75) is 52.9 Å². The fourth-order valence-electron chi connectivity index (χ4n) is 1.85. The van der Waals surface area contributed by atoms with Crippen molar-refractivity contribution in [1.29, 1.82) is 0 Å². The summed E-state index contributed by atoms with van der Waals surface area (Å²) < 4.78 is 0. The number of carbonyl (C=O) groups excluding carboxylic acids is 2. The summed E-state index contributed by atoms with van der Waals surface area (Å²) in [6.45, 7) is 8.34. The minimum atomic E-state index is 0.0446. The first-order valence-corrected chi connectivity index (χ1v) is 7.39. The first-order valence-electron chi connectivity index (χ1n) is 7.39. The predicted molar refractivity (Wildman–Crippen MR) is 79.1 cm³/mol. The number of ketones is 1. The number of nitrogens with one attached hydrogen (secondary N) is 1. The van der Waals surface area contributed by atoms with Gasteiger partial charge in [0.15, 0.2) is 0 Å². The van der Waals surface area contributed by atoms with Gasteiger partial charge in [0, 0.05) is 25.8 Å². The molecule has 0 unspecified atom stereocenters. The molecule has 0 aliphatic heterocycles. The summed E-state index contributed by atoms with van der Waals surface area (Å²) in [7, 11) is 2.11. The van der Waals surface area contributed by atoms with Gasteiger partial charge in [-0.15, -0.1) is 0 Å². The lowest BCUT2D eigenvalue weighted by Gasteiger charge is -2.16. The van der Waals surface area contributed by atoms with Gasteiger partial charge in [0.2, 0.25) is 5.91 Å². The SMILES string of the molecule is CC(=O)NCCCCN(C)CCCCC(=O)C(C)C. The number of unbranched alkanes of at least 4 members (excludes halogenated alkanes) is 2. The Labute approximate surface area is 117 Å². The van der Waals surface area contributed by atoms with Crippen molar-refractivity contribution in [3.05, 3.63) is 0 Å². The average Bonchev–Trinajstić information content (AvgIpc) is 2.33. The first kappa shape index (κ1) is 18.1. The number of nitrogens with zero attached hydrogens (tertiary/aromatic N) is 1. The van der Waals surface area contributed by atoms with Crippen molar-refractivity contribution < 1.29 is 9.59 Å². The molecule has 4 nitrogen and oxygen atoms in total. The van der Waals surface area contributed by atoms with Crippen LogP contribution in [0.25, 0.3) is 0 Å². The fraction of sp³-hybridized carbons (Fsp3) is 0.867. The maximum absolute atomic E-state index is 11.4. The number of rotatable bonds is 11. The lowest BCUT2D eigenvalue weighted by Crippen LogP contribution is -2.24. The lowest BCUT2D eigenvalue weighted by molar-refractivity contribution is -0.122. The van der Waals surface area contributed by atoms with Gasteiger partial charge in [-0.05, 0) is 45.8 Å². The molecule has 4 heteroatoms. The molecule has 0 atom stereocenters. The largest absolute Gasteiger partial charge is 0.356 e. The topological polar surface area (TPSA) is 49.4 Å². The quantitative estimate of drug-likeness (QED) is 0.586. The van der Waals surface area contributed by atoms with Crippen LogP contribution in [-0.2, 0) is 9.59 Å². The molecule has 1 amide bonds. The van der Waals surface area contributed by atoms with Crippen LogP contribution in [0.15, 0.2) is 0 Å². The molecule has 0 saturated heterocycles. The van der Waals surface area contributed by atoms with E-state index in [4.69, 9.17) is 0 Å². The molecule has 0 spiro atoms. The summed E-state index contributed by atoms with van der Waals surface area (Å²) in [6.07, 6.45) is 4.92. The van der Waals surface area contributed by atoms with Gasteiger partial charge >= 0.3 is 0 Å². The van der Waals surface area contributed by atoms with Crippen molar-refractivity contribution >= 4 is 11.7 Å². The Hall–Kier alpha value is -0.900. The third-order valence-electron chi connectivity index (χ3n) is 3.20. The molecule has 19 heavy (non-hydrogen) atoms. The maximum atomic E-state index is 11.4. The van der Waals surface area contributed by atoms with E-state index >= 15 is 0 Å². The third-order valence-corrected chi connectivity index (χ3v) is 3.20. The van der Waals surface area contributed by atoms with Gasteiger partial charge in [0.1, 0.15) is 5.78 Å². The molecule has 0 aromatic heterocycles. The van der Waals surface area contributed by atoms with Crippen molar-refractivity contribution in [1.82, 2.24) is 10.2 Å². The molecule has 112 valence electrons. The van der Waals surface area contributed by atoms with Crippen LogP contribution in [-0.4, -0.2) is 43.3 Å². The summed E-state index contributed by atoms with van der Waals surface area (Å²) in [4.78, 5) is 24.4. The van der Waals surface area contributed by atoms with E-state index in [0.29, 0.717) is 12.2 Å². The Morgan fingerprint density at radius 1 is 1.05 bits per heavy atom. The Bertz CT molecular complexity index is 265. The van der Waals surface area contributed by atoms with E-state index in [2.05, 4.69) is 17.3 Å². The second-order valence-corrected chi connectivity index (χ2v) is 5.57. The molecule has 0 rings (SSSR count). The number of carbonyl (C=O) groups is 2. The van der Waals surface area contributed by atoms with Crippen molar-refractivity contribution in [2.75, 3.05) is 26.7 Å². The number of hydrogen-bond donors (Lipinski definition) is 1. The first-order chi connectivity index (χ1) is 8.93. The highest BCUT2D eigenvalue weighted by Gasteiger charge is 2.06. The van der Waals surface area contributed by atoms with Crippen LogP contribution in [0, 0.1) is 5.92 Å². The van der Waals surface area contributed by atoms with E-state index in [9.17, 15) is 9.59 Å². The van der Waals surface area contributed by atoms with Gasteiger partial charge in [-0.2, -0.15) is 0 Å². The molecule has 0 fully saturated rings. The van der Waals surface area contributed by atoms with Gasteiger partial charge in [-0.3, -0.25) is 9.59 Å². The van der Waals surface area contributed by atoms with Gasteiger partial charge in [0.25, 0.3) is 0 Å². The molecule has 0 heterocycles. The lowest BCUT2D eigenvalue weighted by atomic mass is 10.0. The van der Waals surface area contributed by atoms with Crippen molar-refractivity contribution in [3.8, 4) is 0 Å². The molecule has 0 aromatic carbocycles. The van der Waals surface area contributed by atoms with Crippen LogP contribution in [0.5, 0.6) is 0 Å². The minimum Gasteiger partial charge on any atom is -0.356 e. The summed E-state index contributed by atoms with van der Waals surface area (Å²) in [5, 5.41) is 2.80. The van der Waals surface area contributed by atoms with Gasteiger partial charge in [-0.25, -0.2) is 0 Å². The van der Waals surface area contributed by atoms with Gasteiger partial charge in [0.05, 0.1) is 0 Å². The highest BCUT2D eigenvalue weighted by molar-refractivity contribution is 5.80. The Morgan fingerprint density at radius 3 is 2.16 bits per heavy atom. The molecule has 0 aromatic rings. The highest BCUT2D eigenvalue weighted by Crippen LogP contribution is 2.05. The van der Waals surface area contributed by atoms with Crippen LogP contribution < -0.4 is 5.32 Å². The van der Waals surface area contributed by atoms with E-state index in [-0.39, 0.29) is 11.8 Å². The molecule has 0 saturated carbocycles. The molecule has 1 N–H and O–H groups in total. The summed E-state index contributed by atoms with van der Waals surface area (Å²) >= 11 is 0. The van der Waals surface area contributed by atoms with Crippen LogP contribution in [0.2, 0.25) is 0 Å². The molecule has 0 aliphatic rings. The number of amides is 1. The van der Waals surface area contributed by atoms with Gasteiger partial charge < -0.3 is 10.2 Å². The van der Waals surface area contributed by atoms with E-state index < -0.39 is 0 Å². The fourth-order valence-corrected chi connectivity index (χ4v) is 1.85. The van der Waals surface area contributed by atoms with E-state index in [0.717, 1.165) is 45.3 Å². The van der Waals surface area contributed by atoms with Crippen molar-refractivity contribution in [2.24, 2.45) is 5.92 Å². The molecule has 0 bridgehead atoms. The Kier molecular flexibility index (Phi) is 10.5. The molecule has 0 radical (unpaired) electrons. The van der Waals surface area contributed by atoms with Crippen LogP contribution in [0.4, 0.5) is 0 Å². The molecular formula is C15H30N2O2. The molecular weight excluding hydrogens is 240 g/mol. The third kappa shape index (κ3) is 11.9. The van der Waals surface area contributed by atoms with Crippen LogP contribution >= 0.6 is 0 Å². The standard InChI is InChI=1S/C15H30N2O2/c1-13(2)15(19)9-5-7-11-17(4)12-8-6-10-16-14(3)18/h13H,5-12H2,1-4H3,(H,16,18). The summed E-state index contributed by atoms with van der Waals surface area (Å²) in [5.41, 5.74) is 0. The zero-order valence-corrected chi connectivity index (χ0v) is 13.0. The van der Waals surface area contributed by atoms with Gasteiger partial charge in [-0.1, -0.05) is 13.8 Å². The zero-order valence-electron chi connectivity index (χ0n) is 13.0. The maximum Gasteiger partial charge on any atom is 0.216 e. The second kappa shape index (κ2) is 11.0. The predicted octanol–water partition coefficient (Wildman–Crippen LogP) is 2.23.